The molecular formula is C22H20ClN3O2S2. The van der Waals surface area contributed by atoms with Crippen LogP contribution in [0.3, 0.4) is 0 Å². The van der Waals surface area contributed by atoms with E-state index in [0.717, 1.165) is 21.3 Å². The second-order valence-corrected chi connectivity index (χ2v) is 8.63. The fraction of sp³-hybridized carbons (Fsp3) is 0.0909. The molecule has 30 heavy (non-hydrogen) atoms. The molecule has 0 radical (unpaired) electrons. The van der Waals surface area contributed by atoms with Crippen molar-refractivity contribution in [2.75, 3.05) is 5.32 Å². The maximum atomic E-state index is 12.9. The van der Waals surface area contributed by atoms with Crippen molar-refractivity contribution in [3.8, 4) is 5.75 Å². The summed E-state index contributed by atoms with van der Waals surface area (Å²) in [5, 5.41) is 5.90. The normalized spacial score (nSPS) is 11.4. The van der Waals surface area contributed by atoms with Crippen molar-refractivity contribution in [1.29, 1.82) is 0 Å². The Hall–Kier alpha value is -2.74. The second-order valence-electron chi connectivity index (χ2n) is 6.29. The summed E-state index contributed by atoms with van der Waals surface area (Å²) < 4.78 is 19.0. The largest absolute Gasteiger partial charge is 0.485 e. The number of anilines is 2. The zero-order valence-electron chi connectivity index (χ0n) is 16.1. The molecule has 0 aliphatic rings. The lowest BCUT2D eigenvalue weighted by Crippen LogP contribution is -2.03. The summed E-state index contributed by atoms with van der Waals surface area (Å²) in [5.41, 5.74) is 1.98. The van der Waals surface area contributed by atoms with Crippen molar-refractivity contribution in [2.24, 2.45) is 0 Å². The van der Waals surface area contributed by atoms with Crippen molar-refractivity contribution in [1.82, 2.24) is 9.97 Å². The summed E-state index contributed by atoms with van der Waals surface area (Å²) in [7, 11) is -1.34. The number of aromatic nitrogens is 2. The van der Waals surface area contributed by atoms with Gasteiger partial charge in [0.2, 0.25) is 0 Å². The first-order valence-electron chi connectivity index (χ1n) is 9.02. The van der Waals surface area contributed by atoms with Crippen molar-refractivity contribution in [3.63, 3.8) is 0 Å². The topological polar surface area (TPSA) is 64.1 Å². The van der Waals surface area contributed by atoms with Gasteiger partial charge in [-0.3, -0.25) is 0 Å². The van der Waals surface area contributed by atoms with Gasteiger partial charge in [-0.15, -0.1) is 23.7 Å². The van der Waals surface area contributed by atoms with E-state index < -0.39 is 10.8 Å². The minimum Gasteiger partial charge on any atom is -0.485 e. The summed E-state index contributed by atoms with van der Waals surface area (Å²) in [6, 6.07) is 21.0. The van der Waals surface area contributed by atoms with Gasteiger partial charge < -0.3 is 10.1 Å². The van der Waals surface area contributed by atoms with E-state index in [-0.39, 0.29) is 12.4 Å². The first kappa shape index (κ1) is 22.0. The Morgan fingerprint density at radius 3 is 2.40 bits per heavy atom. The van der Waals surface area contributed by atoms with Gasteiger partial charge in [-0.25, -0.2) is 14.2 Å². The Morgan fingerprint density at radius 2 is 1.73 bits per heavy atom. The highest BCUT2D eigenvalue weighted by Crippen LogP contribution is 2.30. The van der Waals surface area contributed by atoms with Crippen molar-refractivity contribution in [3.05, 3.63) is 89.6 Å². The molecule has 0 amide bonds. The van der Waals surface area contributed by atoms with Crippen LogP contribution in [0.4, 0.5) is 10.9 Å². The van der Waals surface area contributed by atoms with E-state index in [0.29, 0.717) is 23.1 Å². The minimum absolute atomic E-state index is 0. The van der Waals surface area contributed by atoms with E-state index in [4.69, 9.17) is 4.74 Å². The number of nitrogens with one attached hydrogen (secondary N) is 1. The molecule has 0 aliphatic carbocycles. The Kier molecular flexibility index (Phi) is 7.57. The zero-order chi connectivity index (χ0) is 20.1. The average molecular weight is 458 g/mol. The molecule has 1 unspecified atom stereocenters. The van der Waals surface area contributed by atoms with Crippen LogP contribution in [0.2, 0.25) is 0 Å². The van der Waals surface area contributed by atoms with Gasteiger partial charge in [-0.05, 0) is 24.6 Å². The monoisotopic (exact) mass is 457 g/mol. The number of ether oxygens (including phenoxy) is 1. The maximum absolute atomic E-state index is 12.9. The van der Waals surface area contributed by atoms with E-state index in [1.165, 1.54) is 11.3 Å². The van der Waals surface area contributed by atoms with Crippen LogP contribution >= 0.6 is 23.7 Å². The Morgan fingerprint density at radius 1 is 1.03 bits per heavy atom. The molecule has 8 heteroatoms. The molecular weight excluding hydrogens is 438 g/mol. The average Bonchev–Trinajstić information content (AvgIpc) is 3.18. The fourth-order valence-corrected chi connectivity index (χ4v) is 4.39. The summed E-state index contributed by atoms with van der Waals surface area (Å²) in [6.45, 7) is 2.32. The number of aryl methyl sites for hydroxylation is 1. The van der Waals surface area contributed by atoms with Crippen LogP contribution in [0.25, 0.3) is 0 Å². The third-order valence-corrected chi connectivity index (χ3v) is 6.31. The van der Waals surface area contributed by atoms with Crippen molar-refractivity contribution >= 4 is 45.5 Å². The molecule has 2 aromatic heterocycles. The van der Waals surface area contributed by atoms with E-state index in [9.17, 15) is 4.21 Å². The maximum Gasteiger partial charge on any atom is 0.188 e. The van der Waals surface area contributed by atoms with Gasteiger partial charge in [0.25, 0.3) is 0 Å². The molecule has 0 saturated carbocycles. The highest BCUT2D eigenvalue weighted by molar-refractivity contribution is 7.85. The summed E-state index contributed by atoms with van der Waals surface area (Å²) >= 11 is 1.50. The van der Waals surface area contributed by atoms with Crippen LogP contribution in [-0.4, -0.2) is 14.2 Å². The van der Waals surface area contributed by atoms with Crippen molar-refractivity contribution in [2.45, 2.75) is 23.3 Å². The molecule has 0 saturated heterocycles. The van der Waals surface area contributed by atoms with Gasteiger partial charge in [-0.2, -0.15) is 0 Å². The zero-order valence-corrected chi connectivity index (χ0v) is 18.6. The number of hydrogen-bond donors (Lipinski definition) is 1. The number of halogens is 1. The van der Waals surface area contributed by atoms with Crippen LogP contribution in [0.1, 0.15) is 11.3 Å². The molecule has 1 N–H and O–H groups in total. The third-order valence-electron chi connectivity index (χ3n) is 4.08. The molecule has 0 fully saturated rings. The highest BCUT2D eigenvalue weighted by Gasteiger charge is 2.14. The predicted molar refractivity (Wildman–Crippen MR) is 124 cm³/mol. The molecule has 1 atom stereocenters. The number of benzene rings is 2. The molecule has 2 aromatic carbocycles. The van der Waals surface area contributed by atoms with Crippen LogP contribution in [0, 0.1) is 6.92 Å². The Bertz CT molecular complexity index is 1120. The molecule has 2 heterocycles. The summed E-state index contributed by atoms with van der Waals surface area (Å²) in [4.78, 5) is 10.2. The summed E-state index contributed by atoms with van der Waals surface area (Å²) in [6.07, 6.45) is 1.61. The van der Waals surface area contributed by atoms with Crippen molar-refractivity contribution < 1.29 is 8.95 Å². The van der Waals surface area contributed by atoms with E-state index in [2.05, 4.69) is 15.3 Å². The quantitative estimate of drug-likeness (QED) is 0.382. The molecule has 154 valence electrons. The Labute approximate surface area is 188 Å². The van der Waals surface area contributed by atoms with Gasteiger partial charge >= 0.3 is 0 Å². The number of hydrogen-bond acceptors (Lipinski definition) is 6. The summed E-state index contributed by atoms with van der Waals surface area (Å²) in [5.74, 6) is 1.08. The number of pyridine rings is 1. The fourth-order valence-electron chi connectivity index (χ4n) is 2.66. The number of rotatable bonds is 7. The highest BCUT2D eigenvalue weighted by atomic mass is 35.5. The standard InChI is InChI=1S/C22H19N3O2S2.ClH/c1-16-15-28-22(24-16)25-21-20(27-14-17-8-4-2-5-9-17)12-19(13-23-21)29(26)18-10-6-3-7-11-18;/h2-13,15H,14H2,1H3,(H,23,24,25);1H. The second kappa shape index (κ2) is 10.3. The van der Waals surface area contributed by atoms with Crippen LogP contribution in [-0.2, 0) is 17.4 Å². The lowest BCUT2D eigenvalue weighted by molar-refractivity contribution is 0.306. The minimum atomic E-state index is -1.34. The molecule has 4 aromatic rings. The lowest BCUT2D eigenvalue weighted by Gasteiger charge is -2.13. The molecule has 0 spiro atoms. The van der Waals surface area contributed by atoms with Gasteiger partial charge in [-0.1, -0.05) is 48.5 Å². The van der Waals surface area contributed by atoms with E-state index in [1.807, 2.05) is 73.0 Å². The van der Waals surface area contributed by atoms with E-state index in [1.54, 1.807) is 12.3 Å². The third kappa shape index (κ3) is 5.44. The van der Waals surface area contributed by atoms with Crippen LogP contribution < -0.4 is 10.1 Å². The molecule has 0 aliphatic heterocycles. The molecule has 4 rings (SSSR count). The molecule has 0 bridgehead atoms. The number of thiazole rings is 1. The van der Waals surface area contributed by atoms with Gasteiger partial charge in [0, 0.05) is 22.5 Å². The van der Waals surface area contributed by atoms with Gasteiger partial charge in [0.15, 0.2) is 16.7 Å². The lowest BCUT2D eigenvalue weighted by atomic mass is 10.2. The van der Waals surface area contributed by atoms with Crippen LogP contribution in [0.5, 0.6) is 5.75 Å². The number of nitrogens with zero attached hydrogens (tertiary/aromatic N) is 2. The van der Waals surface area contributed by atoms with Gasteiger partial charge in [0.05, 0.1) is 21.4 Å². The van der Waals surface area contributed by atoms with Crippen LogP contribution in [0.15, 0.2) is 88.1 Å². The van der Waals surface area contributed by atoms with E-state index >= 15 is 0 Å². The Balaban J connectivity index is 0.00000256. The SMILES string of the molecule is Cc1csc(Nc2ncc(S(=O)c3ccccc3)cc2OCc2ccccc2)n1.Cl. The smallest absolute Gasteiger partial charge is 0.188 e. The first-order chi connectivity index (χ1) is 14.2. The molecule has 5 nitrogen and oxygen atoms in total. The van der Waals surface area contributed by atoms with Gasteiger partial charge in [0.1, 0.15) is 6.61 Å². The first-order valence-corrected chi connectivity index (χ1v) is 11.0. The predicted octanol–water partition coefficient (Wildman–Crippen LogP) is 5.76.